The quantitative estimate of drug-likeness (QED) is 0.0944. The smallest absolute Gasteiger partial charge is 0.323 e. The first-order chi connectivity index (χ1) is 28.4. The molecule has 0 atom stereocenters. The van der Waals surface area contributed by atoms with Gasteiger partial charge in [0.25, 0.3) is 0 Å². The van der Waals surface area contributed by atoms with Crippen molar-refractivity contribution in [2.45, 2.75) is 38.5 Å². The predicted molar refractivity (Wildman–Crippen MR) is 224 cm³/mol. The molecule has 0 radical (unpaired) electrons. The lowest BCUT2D eigenvalue weighted by Crippen LogP contribution is -2.25. The highest BCUT2D eigenvalue weighted by molar-refractivity contribution is 6.00. The van der Waals surface area contributed by atoms with Gasteiger partial charge < -0.3 is 31.1 Å². The van der Waals surface area contributed by atoms with Crippen LogP contribution >= 0.6 is 0 Å². The van der Waals surface area contributed by atoms with Crippen molar-refractivity contribution in [1.82, 2.24) is 39.8 Å². The first-order valence-corrected chi connectivity index (χ1v) is 19.8. The van der Waals surface area contributed by atoms with Gasteiger partial charge in [0.2, 0.25) is 11.8 Å². The third-order valence-corrected chi connectivity index (χ3v) is 10.4. The highest BCUT2D eigenvalue weighted by Crippen LogP contribution is 2.25. The van der Waals surface area contributed by atoms with Crippen molar-refractivity contribution in [3.05, 3.63) is 109 Å². The summed E-state index contributed by atoms with van der Waals surface area (Å²) in [5.41, 5.74) is 7.06. The lowest BCUT2D eigenvalue weighted by molar-refractivity contribution is -0.117. The van der Waals surface area contributed by atoms with E-state index in [2.05, 4.69) is 51.7 Å². The standard InChI is InChI=1S/C43H46N12O3/c56-41(19-25-52-21-1-2-22-52)44-33-11-15-37(16-12-33)54-29-39(48-50-54)31-7-5-9-35(27-31)46-43(58)47-36-10-6-8-32(28-36)40-30-55(51-49-40)38-17-13-34(14-18-38)45-42(57)20-26-53-23-3-4-24-53/h5-18,27-30H,1-4,19-26H2,(H,44,56)(H,45,57)(H2,46,47,58). The Bertz CT molecular complexity index is 2180. The zero-order chi connectivity index (χ0) is 39.7. The predicted octanol–water partition coefficient (Wildman–Crippen LogP) is 6.67. The Morgan fingerprint density at radius 1 is 0.500 bits per heavy atom. The lowest BCUT2D eigenvalue weighted by Gasteiger charge is -2.14. The molecule has 2 aliphatic rings. The second-order valence-corrected chi connectivity index (χ2v) is 14.6. The fourth-order valence-corrected chi connectivity index (χ4v) is 7.22. The molecule has 4 N–H and O–H groups in total. The van der Waals surface area contributed by atoms with Crippen LogP contribution in [-0.2, 0) is 9.59 Å². The van der Waals surface area contributed by atoms with E-state index in [-0.39, 0.29) is 11.8 Å². The van der Waals surface area contributed by atoms with Crippen LogP contribution in [0.1, 0.15) is 38.5 Å². The van der Waals surface area contributed by atoms with E-state index in [1.165, 1.54) is 25.7 Å². The molecule has 0 unspecified atom stereocenters. The van der Waals surface area contributed by atoms with Crippen LogP contribution in [0.15, 0.2) is 109 Å². The van der Waals surface area contributed by atoms with Gasteiger partial charge in [-0.05, 0) is 125 Å². The molecule has 15 nitrogen and oxygen atoms in total. The zero-order valence-corrected chi connectivity index (χ0v) is 32.2. The number of urea groups is 1. The number of rotatable bonds is 14. The maximum absolute atomic E-state index is 13.1. The van der Waals surface area contributed by atoms with Crippen molar-refractivity contribution in [3.8, 4) is 33.9 Å². The van der Waals surface area contributed by atoms with Crippen molar-refractivity contribution < 1.29 is 14.4 Å². The average molecular weight is 779 g/mol. The van der Waals surface area contributed by atoms with E-state index < -0.39 is 6.03 Å². The molecule has 2 saturated heterocycles. The summed E-state index contributed by atoms with van der Waals surface area (Å²) in [4.78, 5) is 42.6. The number of carbonyl (C=O) groups is 3. The fraction of sp³-hybridized carbons (Fsp3) is 0.279. The lowest BCUT2D eigenvalue weighted by atomic mass is 10.1. The second kappa shape index (κ2) is 18.0. The van der Waals surface area contributed by atoms with Crippen LogP contribution in [0, 0.1) is 0 Å². The van der Waals surface area contributed by atoms with Crippen LogP contribution in [0.3, 0.4) is 0 Å². The van der Waals surface area contributed by atoms with Gasteiger partial charge in [0.1, 0.15) is 11.4 Å². The van der Waals surface area contributed by atoms with E-state index in [1.807, 2.05) is 97.3 Å². The molecule has 15 heteroatoms. The summed E-state index contributed by atoms with van der Waals surface area (Å²) in [7, 11) is 0. The number of hydrogen-bond acceptors (Lipinski definition) is 9. The van der Waals surface area contributed by atoms with E-state index >= 15 is 0 Å². The molecule has 2 fully saturated rings. The normalized spacial score (nSPS) is 14.3. The van der Waals surface area contributed by atoms with Crippen molar-refractivity contribution in [2.24, 2.45) is 0 Å². The van der Waals surface area contributed by atoms with Gasteiger partial charge in [-0.1, -0.05) is 34.7 Å². The van der Waals surface area contributed by atoms with Gasteiger partial charge in [-0.15, -0.1) is 10.2 Å². The third kappa shape index (κ3) is 9.99. The number of benzene rings is 4. The Labute approximate surface area is 336 Å². The van der Waals surface area contributed by atoms with E-state index in [0.29, 0.717) is 35.6 Å². The number of anilines is 4. The van der Waals surface area contributed by atoms with Crippen LogP contribution in [0.4, 0.5) is 27.5 Å². The van der Waals surface area contributed by atoms with E-state index in [4.69, 9.17) is 0 Å². The molecule has 0 saturated carbocycles. The van der Waals surface area contributed by atoms with Crippen LogP contribution < -0.4 is 21.3 Å². The number of amides is 4. The van der Waals surface area contributed by atoms with Gasteiger partial charge in [-0.3, -0.25) is 9.59 Å². The molecule has 6 aromatic rings. The monoisotopic (exact) mass is 778 g/mol. The summed E-state index contributed by atoms with van der Waals surface area (Å²) < 4.78 is 3.34. The Balaban J connectivity index is 0.830. The Morgan fingerprint density at radius 3 is 1.33 bits per heavy atom. The van der Waals surface area contributed by atoms with E-state index in [0.717, 1.165) is 73.1 Å². The number of hydrogen-bond donors (Lipinski definition) is 4. The highest BCUT2D eigenvalue weighted by atomic mass is 16.2. The molecule has 2 aliphatic heterocycles. The summed E-state index contributed by atoms with van der Waals surface area (Å²) in [5, 5.41) is 29.1. The SMILES string of the molecule is O=C(CCN1CCCC1)Nc1ccc(-n2cc(-c3cccc(NC(=O)Nc4cccc(-c5cn(-c6ccc(NC(=O)CCN7CCCC7)cc6)nn5)c4)c3)nn2)cc1. The molecule has 296 valence electrons. The van der Waals surface area contributed by atoms with Gasteiger partial charge in [-0.25, -0.2) is 14.2 Å². The van der Waals surface area contributed by atoms with Gasteiger partial charge >= 0.3 is 6.03 Å². The number of likely N-dealkylation sites (tertiary alicyclic amines) is 2. The molecule has 4 amide bonds. The van der Waals surface area contributed by atoms with Crippen molar-refractivity contribution in [2.75, 3.05) is 60.5 Å². The van der Waals surface area contributed by atoms with Crippen molar-refractivity contribution >= 4 is 40.6 Å². The summed E-state index contributed by atoms with van der Waals surface area (Å²) in [6, 6.07) is 29.3. The van der Waals surface area contributed by atoms with Crippen molar-refractivity contribution in [3.63, 3.8) is 0 Å². The van der Waals surface area contributed by atoms with Crippen LogP contribution in [0.25, 0.3) is 33.9 Å². The maximum Gasteiger partial charge on any atom is 0.323 e. The number of nitrogens with one attached hydrogen (secondary N) is 4. The first-order valence-electron chi connectivity index (χ1n) is 19.8. The number of carbonyl (C=O) groups excluding carboxylic acids is 3. The number of nitrogens with zero attached hydrogens (tertiary/aromatic N) is 8. The zero-order valence-electron chi connectivity index (χ0n) is 32.2. The molecule has 2 aromatic heterocycles. The van der Waals surface area contributed by atoms with Crippen LogP contribution in [0.5, 0.6) is 0 Å². The molecule has 0 spiro atoms. The van der Waals surface area contributed by atoms with Gasteiger partial charge in [-0.2, -0.15) is 0 Å². The average Bonchev–Trinajstić information content (AvgIpc) is 4.09. The van der Waals surface area contributed by atoms with Gasteiger partial charge in [0.05, 0.1) is 23.8 Å². The molecule has 4 aromatic carbocycles. The molecule has 4 heterocycles. The largest absolute Gasteiger partial charge is 0.326 e. The molecular weight excluding hydrogens is 733 g/mol. The molecule has 0 bridgehead atoms. The first kappa shape index (κ1) is 38.2. The van der Waals surface area contributed by atoms with Crippen molar-refractivity contribution in [1.29, 1.82) is 0 Å². The van der Waals surface area contributed by atoms with E-state index in [1.54, 1.807) is 21.5 Å². The third-order valence-electron chi connectivity index (χ3n) is 10.4. The Morgan fingerprint density at radius 2 is 0.914 bits per heavy atom. The summed E-state index contributed by atoms with van der Waals surface area (Å²) in [6.07, 6.45) is 9.42. The molecular formula is C43H46N12O3. The minimum absolute atomic E-state index is 0.00523. The highest BCUT2D eigenvalue weighted by Gasteiger charge is 2.15. The fourth-order valence-electron chi connectivity index (χ4n) is 7.22. The molecule has 0 aliphatic carbocycles. The summed E-state index contributed by atoms with van der Waals surface area (Å²) in [5.74, 6) is 0.0105. The van der Waals surface area contributed by atoms with Crippen LogP contribution in [-0.4, -0.2) is 96.9 Å². The minimum atomic E-state index is -0.409. The van der Waals surface area contributed by atoms with E-state index in [9.17, 15) is 14.4 Å². The van der Waals surface area contributed by atoms with Gasteiger partial charge in [0.15, 0.2) is 0 Å². The Hall–Kier alpha value is -6.71. The maximum atomic E-state index is 13.1. The summed E-state index contributed by atoms with van der Waals surface area (Å²) >= 11 is 0. The molecule has 8 rings (SSSR count). The Kier molecular flexibility index (Phi) is 11.9. The minimum Gasteiger partial charge on any atom is -0.326 e. The van der Waals surface area contributed by atoms with Crippen LogP contribution in [0.2, 0.25) is 0 Å². The molecule has 58 heavy (non-hydrogen) atoms. The summed E-state index contributed by atoms with van der Waals surface area (Å²) in [6.45, 7) is 5.87. The van der Waals surface area contributed by atoms with Gasteiger partial charge in [0, 0.05) is 59.8 Å². The number of aromatic nitrogens is 6. The second-order valence-electron chi connectivity index (χ2n) is 14.6. The topological polar surface area (TPSA) is 167 Å².